The first kappa shape index (κ1) is 13.1. The van der Waals surface area contributed by atoms with Crippen molar-refractivity contribution in [1.82, 2.24) is 0 Å². The summed E-state index contributed by atoms with van der Waals surface area (Å²) in [6, 6.07) is 9.16. The molecule has 0 saturated carbocycles. The molecule has 0 N–H and O–H groups in total. The van der Waals surface area contributed by atoms with E-state index in [0.29, 0.717) is 28.2 Å². The highest BCUT2D eigenvalue weighted by Crippen LogP contribution is 2.37. The fraction of sp³-hybridized carbons (Fsp3) is 0.133. The lowest BCUT2D eigenvalue weighted by atomic mass is 10.0. The standard InChI is InChI=1S/C15H13FO3/c1-18-14-5-3-10(9-17)7-12(14)13-8-11(16)4-6-15(13)19-2/h3-9H,1-2H3. The SMILES string of the molecule is COc1ccc(F)cc1-c1cc(C=O)ccc1OC. The van der Waals surface area contributed by atoms with Crippen LogP contribution in [-0.4, -0.2) is 20.5 Å². The van der Waals surface area contributed by atoms with Gasteiger partial charge in [-0.2, -0.15) is 0 Å². The van der Waals surface area contributed by atoms with Crippen LogP contribution in [0.1, 0.15) is 10.4 Å². The largest absolute Gasteiger partial charge is 0.496 e. The molecule has 0 saturated heterocycles. The van der Waals surface area contributed by atoms with E-state index in [1.54, 1.807) is 18.2 Å². The fourth-order valence-corrected chi connectivity index (χ4v) is 1.90. The zero-order valence-corrected chi connectivity index (χ0v) is 10.6. The van der Waals surface area contributed by atoms with Crippen LogP contribution in [0.2, 0.25) is 0 Å². The van der Waals surface area contributed by atoms with Crippen molar-refractivity contribution in [2.24, 2.45) is 0 Å². The van der Waals surface area contributed by atoms with Crippen molar-refractivity contribution in [3.8, 4) is 22.6 Å². The minimum absolute atomic E-state index is 0.380. The molecule has 0 heterocycles. The Kier molecular flexibility index (Phi) is 3.80. The predicted octanol–water partition coefficient (Wildman–Crippen LogP) is 3.32. The molecule has 0 aliphatic carbocycles. The van der Waals surface area contributed by atoms with E-state index < -0.39 is 0 Å². The third-order valence-electron chi connectivity index (χ3n) is 2.81. The highest BCUT2D eigenvalue weighted by atomic mass is 19.1. The molecule has 0 aliphatic heterocycles. The van der Waals surface area contributed by atoms with E-state index in [0.717, 1.165) is 6.29 Å². The molecule has 0 aliphatic rings. The minimum atomic E-state index is -0.380. The molecular weight excluding hydrogens is 247 g/mol. The van der Waals surface area contributed by atoms with Gasteiger partial charge in [-0.1, -0.05) is 0 Å². The Morgan fingerprint density at radius 3 is 2.11 bits per heavy atom. The molecule has 0 atom stereocenters. The third kappa shape index (κ3) is 2.57. The summed E-state index contributed by atoms with van der Waals surface area (Å²) in [5.74, 6) is 0.687. The monoisotopic (exact) mass is 260 g/mol. The van der Waals surface area contributed by atoms with Crippen LogP contribution in [-0.2, 0) is 0 Å². The molecule has 98 valence electrons. The van der Waals surface area contributed by atoms with Gasteiger partial charge in [0.25, 0.3) is 0 Å². The first-order valence-electron chi connectivity index (χ1n) is 5.66. The van der Waals surface area contributed by atoms with E-state index in [-0.39, 0.29) is 5.82 Å². The molecule has 0 amide bonds. The summed E-state index contributed by atoms with van der Waals surface area (Å²) in [4.78, 5) is 10.9. The van der Waals surface area contributed by atoms with Gasteiger partial charge >= 0.3 is 0 Å². The van der Waals surface area contributed by atoms with E-state index in [1.807, 2.05) is 0 Å². The van der Waals surface area contributed by atoms with Crippen molar-refractivity contribution in [2.75, 3.05) is 14.2 Å². The van der Waals surface area contributed by atoms with Gasteiger partial charge in [-0.25, -0.2) is 4.39 Å². The lowest BCUT2D eigenvalue weighted by molar-refractivity contribution is 0.112. The Balaban J connectivity index is 2.68. The Morgan fingerprint density at radius 1 is 0.947 bits per heavy atom. The van der Waals surface area contributed by atoms with E-state index >= 15 is 0 Å². The molecule has 0 fully saturated rings. The molecule has 2 aromatic rings. The minimum Gasteiger partial charge on any atom is -0.496 e. The summed E-state index contributed by atoms with van der Waals surface area (Å²) < 4.78 is 23.9. The van der Waals surface area contributed by atoms with Gasteiger partial charge in [-0.05, 0) is 36.4 Å². The number of benzene rings is 2. The number of halogens is 1. The van der Waals surface area contributed by atoms with E-state index in [9.17, 15) is 9.18 Å². The molecule has 3 nitrogen and oxygen atoms in total. The number of aldehydes is 1. The molecule has 0 spiro atoms. The number of rotatable bonds is 4. The lowest BCUT2D eigenvalue weighted by Crippen LogP contribution is -1.94. The Morgan fingerprint density at radius 2 is 1.53 bits per heavy atom. The number of methoxy groups -OCH3 is 2. The van der Waals surface area contributed by atoms with Crippen molar-refractivity contribution in [3.63, 3.8) is 0 Å². The first-order chi connectivity index (χ1) is 9.19. The maximum Gasteiger partial charge on any atom is 0.150 e. The van der Waals surface area contributed by atoms with Gasteiger partial charge < -0.3 is 9.47 Å². The zero-order chi connectivity index (χ0) is 13.8. The quantitative estimate of drug-likeness (QED) is 0.791. The Labute approximate surface area is 110 Å². The maximum atomic E-state index is 13.4. The van der Waals surface area contributed by atoms with Crippen LogP contribution in [0.5, 0.6) is 11.5 Å². The number of carbonyl (C=O) groups excluding carboxylic acids is 1. The molecule has 0 radical (unpaired) electrons. The number of carbonyl (C=O) groups is 1. The topological polar surface area (TPSA) is 35.5 Å². The average Bonchev–Trinajstić information content (AvgIpc) is 2.46. The van der Waals surface area contributed by atoms with Gasteiger partial charge in [-0.3, -0.25) is 4.79 Å². The Bertz CT molecular complexity index is 608. The molecule has 4 heteroatoms. The van der Waals surface area contributed by atoms with Crippen molar-refractivity contribution in [3.05, 3.63) is 47.8 Å². The van der Waals surface area contributed by atoms with Crippen LogP contribution in [0, 0.1) is 5.82 Å². The van der Waals surface area contributed by atoms with Gasteiger partial charge in [0.2, 0.25) is 0 Å². The fourth-order valence-electron chi connectivity index (χ4n) is 1.90. The molecule has 0 unspecified atom stereocenters. The van der Waals surface area contributed by atoms with E-state index in [4.69, 9.17) is 9.47 Å². The molecule has 0 bridgehead atoms. The van der Waals surface area contributed by atoms with Crippen LogP contribution in [0.3, 0.4) is 0 Å². The van der Waals surface area contributed by atoms with Crippen LogP contribution in [0.15, 0.2) is 36.4 Å². The Hall–Kier alpha value is -2.36. The van der Waals surface area contributed by atoms with Crippen molar-refractivity contribution in [2.45, 2.75) is 0 Å². The van der Waals surface area contributed by atoms with Crippen LogP contribution in [0.25, 0.3) is 11.1 Å². The zero-order valence-electron chi connectivity index (χ0n) is 10.6. The van der Waals surface area contributed by atoms with E-state index in [2.05, 4.69) is 0 Å². The van der Waals surface area contributed by atoms with Crippen molar-refractivity contribution in [1.29, 1.82) is 0 Å². The number of ether oxygens (including phenoxy) is 2. The highest BCUT2D eigenvalue weighted by molar-refractivity contribution is 5.83. The third-order valence-corrected chi connectivity index (χ3v) is 2.81. The summed E-state index contributed by atoms with van der Waals surface area (Å²) in [7, 11) is 3.03. The lowest BCUT2D eigenvalue weighted by Gasteiger charge is -2.13. The van der Waals surface area contributed by atoms with Gasteiger partial charge in [-0.15, -0.1) is 0 Å². The second kappa shape index (κ2) is 5.52. The molecule has 19 heavy (non-hydrogen) atoms. The summed E-state index contributed by atoms with van der Waals surface area (Å²) in [5, 5.41) is 0. The van der Waals surface area contributed by atoms with Crippen molar-refractivity contribution < 1.29 is 18.7 Å². The smallest absolute Gasteiger partial charge is 0.150 e. The van der Waals surface area contributed by atoms with Gasteiger partial charge in [0.05, 0.1) is 14.2 Å². The predicted molar refractivity (Wildman–Crippen MR) is 70.3 cm³/mol. The summed E-state index contributed by atoms with van der Waals surface area (Å²) >= 11 is 0. The molecule has 0 aromatic heterocycles. The number of hydrogen-bond acceptors (Lipinski definition) is 3. The summed E-state index contributed by atoms with van der Waals surface area (Å²) in [6.45, 7) is 0. The van der Waals surface area contributed by atoms with Gasteiger partial charge in [0.15, 0.2) is 0 Å². The van der Waals surface area contributed by atoms with Crippen LogP contribution < -0.4 is 9.47 Å². The second-order valence-corrected chi connectivity index (χ2v) is 3.92. The second-order valence-electron chi connectivity index (χ2n) is 3.92. The summed E-state index contributed by atoms with van der Waals surface area (Å²) in [6.07, 6.45) is 0.731. The maximum absolute atomic E-state index is 13.4. The van der Waals surface area contributed by atoms with Gasteiger partial charge in [0.1, 0.15) is 23.6 Å². The first-order valence-corrected chi connectivity index (χ1v) is 5.66. The normalized spacial score (nSPS) is 10.1. The molecule has 2 rings (SSSR count). The van der Waals surface area contributed by atoms with E-state index in [1.165, 1.54) is 32.4 Å². The van der Waals surface area contributed by atoms with Crippen molar-refractivity contribution >= 4 is 6.29 Å². The highest BCUT2D eigenvalue weighted by Gasteiger charge is 2.13. The molecular formula is C15H13FO3. The summed E-state index contributed by atoms with van der Waals surface area (Å²) in [5.41, 5.74) is 1.65. The average molecular weight is 260 g/mol. The molecule has 2 aromatic carbocycles. The van der Waals surface area contributed by atoms with Crippen LogP contribution in [0.4, 0.5) is 4.39 Å². The number of hydrogen-bond donors (Lipinski definition) is 0. The van der Waals surface area contributed by atoms with Gasteiger partial charge in [0, 0.05) is 16.7 Å². The van der Waals surface area contributed by atoms with Crippen LogP contribution >= 0.6 is 0 Å².